The van der Waals surface area contributed by atoms with Crippen molar-refractivity contribution in [2.45, 2.75) is 19.0 Å². The number of carboxylic acid groups (broad SMARTS) is 1. The number of nitrogens with zero attached hydrogens (tertiary/aromatic N) is 1. The number of aliphatic hydroxyl groups excluding tert-OH is 1. The summed E-state index contributed by atoms with van der Waals surface area (Å²) in [6.45, 7) is 0.566. The number of carbonyl (C=O) groups is 1. The molecule has 0 spiro atoms. The third kappa shape index (κ3) is 7.60. The summed E-state index contributed by atoms with van der Waals surface area (Å²) < 4.78 is 37.9. The van der Waals surface area contributed by atoms with E-state index in [4.69, 9.17) is 10.2 Å². The molecule has 1 amide bonds. The van der Waals surface area contributed by atoms with Crippen LogP contribution in [0.2, 0.25) is 0 Å². The van der Waals surface area contributed by atoms with Gasteiger partial charge in [0.15, 0.2) is 0 Å². The Morgan fingerprint density at radius 1 is 1.22 bits per heavy atom. The summed E-state index contributed by atoms with van der Waals surface area (Å²) in [6, 6.07) is 4.94. The minimum Gasteiger partial charge on any atom is -0.465 e. The number of rotatable bonds is 9. The highest BCUT2D eigenvalue weighted by atomic mass is 32.2. The second-order valence-electron chi connectivity index (χ2n) is 4.91. The maximum absolute atomic E-state index is 12.6. The van der Waals surface area contributed by atoms with E-state index in [0.29, 0.717) is 24.3 Å². The second-order valence-corrected chi connectivity index (χ2v) is 6.13. The summed E-state index contributed by atoms with van der Waals surface area (Å²) in [7, 11) is 0. The zero-order valence-electron chi connectivity index (χ0n) is 12.6. The van der Waals surface area contributed by atoms with Gasteiger partial charge in [-0.25, -0.2) is 4.79 Å². The highest BCUT2D eigenvalue weighted by Gasteiger charge is 2.30. The molecule has 0 aliphatic rings. The minimum absolute atomic E-state index is 0.0862. The molecule has 0 aliphatic carbocycles. The fourth-order valence-corrected chi connectivity index (χ4v) is 2.66. The van der Waals surface area contributed by atoms with Crippen molar-refractivity contribution in [2.24, 2.45) is 0 Å². The molecule has 2 N–H and O–H groups in total. The lowest BCUT2D eigenvalue weighted by molar-refractivity contribution is -0.137. The van der Waals surface area contributed by atoms with Crippen molar-refractivity contribution in [1.82, 2.24) is 4.90 Å². The van der Waals surface area contributed by atoms with Gasteiger partial charge < -0.3 is 15.1 Å². The summed E-state index contributed by atoms with van der Waals surface area (Å²) in [5, 5.41) is 17.8. The number of aliphatic hydroxyl groups is 1. The van der Waals surface area contributed by atoms with E-state index in [1.165, 1.54) is 22.7 Å². The summed E-state index contributed by atoms with van der Waals surface area (Å²) in [5.74, 6) is 1.34. The van der Waals surface area contributed by atoms with Crippen LogP contribution in [-0.2, 0) is 12.6 Å². The fraction of sp³-hybridized carbons (Fsp3) is 0.533. The highest BCUT2D eigenvalue weighted by molar-refractivity contribution is 7.99. The smallest absolute Gasteiger partial charge is 0.416 e. The Morgan fingerprint density at radius 3 is 2.57 bits per heavy atom. The molecule has 0 heterocycles. The molecule has 0 saturated heterocycles. The van der Waals surface area contributed by atoms with Gasteiger partial charge in [-0.3, -0.25) is 0 Å². The Hall–Kier alpha value is -1.41. The number of halogens is 3. The first-order chi connectivity index (χ1) is 10.8. The predicted octanol–water partition coefficient (Wildman–Crippen LogP) is 3.34. The van der Waals surface area contributed by atoms with E-state index in [9.17, 15) is 18.0 Å². The highest BCUT2D eigenvalue weighted by Crippen LogP contribution is 2.29. The van der Waals surface area contributed by atoms with Crippen molar-refractivity contribution in [1.29, 1.82) is 0 Å². The molecule has 0 aliphatic heterocycles. The molecule has 1 aromatic carbocycles. The van der Waals surface area contributed by atoms with Gasteiger partial charge in [-0.2, -0.15) is 24.9 Å². The van der Waals surface area contributed by atoms with E-state index in [1.807, 2.05) is 0 Å². The molecule has 0 saturated carbocycles. The fourth-order valence-electron chi connectivity index (χ4n) is 1.99. The summed E-state index contributed by atoms with van der Waals surface area (Å²) >= 11 is 1.53. The van der Waals surface area contributed by atoms with Crippen LogP contribution in [0.3, 0.4) is 0 Å². The van der Waals surface area contributed by atoms with E-state index in [1.54, 1.807) is 6.07 Å². The van der Waals surface area contributed by atoms with Crippen LogP contribution in [0.4, 0.5) is 18.0 Å². The maximum atomic E-state index is 12.6. The Labute approximate surface area is 137 Å². The van der Waals surface area contributed by atoms with Gasteiger partial charge in [0.05, 0.1) is 12.2 Å². The van der Waals surface area contributed by atoms with Crippen molar-refractivity contribution < 1.29 is 28.2 Å². The lowest BCUT2D eigenvalue weighted by atomic mass is 10.1. The molecule has 0 unspecified atom stereocenters. The van der Waals surface area contributed by atoms with Crippen LogP contribution < -0.4 is 0 Å². The van der Waals surface area contributed by atoms with Crippen molar-refractivity contribution >= 4 is 17.9 Å². The summed E-state index contributed by atoms with van der Waals surface area (Å²) in [6.07, 6.45) is -4.60. The van der Waals surface area contributed by atoms with Gasteiger partial charge in [0, 0.05) is 18.8 Å². The number of hydrogen-bond donors (Lipinski definition) is 2. The van der Waals surface area contributed by atoms with Crippen LogP contribution >= 0.6 is 11.8 Å². The Balaban J connectivity index is 2.50. The topological polar surface area (TPSA) is 60.8 Å². The summed E-state index contributed by atoms with van der Waals surface area (Å²) in [4.78, 5) is 12.4. The Morgan fingerprint density at radius 2 is 1.96 bits per heavy atom. The first kappa shape index (κ1) is 19.6. The standard InChI is InChI=1S/C15H20F3NO3S/c16-15(17,18)13-4-1-3-12(11-13)5-7-19(14(21)22)6-2-9-23-10-8-20/h1,3-4,11,20H,2,5-10H2,(H,21,22). The van der Waals surface area contributed by atoms with Crippen LogP contribution in [0.5, 0.6) is 0 Å². The average molecular weight is 351 g/mol. The Bertz CT molecular complexity index is 497. The molecular weight excluding hydrogens is 331 g/mol. The normalized spacial score (nSPS) is 11.5. The molecule has 1 rings (SSSR count). The van der Waals surface area contributed by atoms with E-state index in [-0.39, 0.29) is 19.6 Å². The van der Waals surface area contributed by atoms with E-state index in [2.05, 4.69) is 0 Å². The van der Waals surface area contributed by atoms with Crippen LogP contribution in [0.15, 0.2) is 24.3 Å². The number of alkyl halides is 3. The average Bonchev–Trinajstić information content (AvgIpc) is 2.49. The molecule has 0 atom stereocenters. The third-order valence-corrected chi connectivity index (χ3v) is 4.20. The van der Waals surface area contributed by atoms with E-state index < -0.39 is 17.8 Å². The van der Waals surface area contributed by atoms with Gasteiger partial charge in [0.2, 0.25) is 0 Å². The van der Waals surface area contributed by atoms with Gasteiger partial charge in [0.25, 0.3) is 0 Å². The van der Waals surface area contributed by atoms with Crippen molar-refractivity contribution in [2.75, 3.05) is 31.2 Å². The van der Waals surface area contributed by atoms with Gasteiger partial charge in [-0.05, 0) is 30.2 Å². The molecule has 23 heavy (non-hydrogen) atoms. The molecule has 8 heteroatoms. The quantitative estimate of drug-likeness (QED) is 0.670. The SMILES string of the molecule is O=C(O)N(CCCSCCO)CCc1cccc(C(F)(F)F)c1. The molecule has 4 nitrogen and oxygen atoms in total. The number of hydrogen-bond acceptors (Lipinski definition) is 3. The lowest BCUT2D eigenvalue weighted by Gasteiger charge is -2.19. The van der Waals surface area contributed by atoms with Crippen LogP contribution in [-0.4, -0.2) is 52.4 Å². The maximum Gasteiger partial charge on any atom is 0.416 e. The van der Waals surface area contributed by atoms with Crippen LogP contribution in [0.1, 0.15) is 17.5 Å². The van der Waals surface area contributed by atoms with Crippen LogP contribution in [0, 0.1) is 0 Å². The molecule has 0 fully saturated rings. The third-order valence-electron chi connectivity index (χ3n) is 3.15. The van der Waals surface area contributed by atoms with Crippen molar-refractivity contribution in [3.8, 4) is 0 Å². The Kier molecular flexibility index (Phi) is 8.25. The van der Waals surface area contributed by atoms with Gasteiger partial charge in [0.1, 0.15) is 0 Å². The van der Waals surface area contributed by atoms with Crippen molar-refractivity contribution in [3.05, 3.63) is 35.4 Å². The monoisotopic (exact) mass is 351 g/mol. The first-order valence-corrected chi connectivity index (χ1v) is 8.32. The van der Waals surface area contributed by atoms with Gasteiger partial charge in [-0.1, -0.05) is 18.2 Å². The molecule has 1 aromatic rings. The molecular formula is C15H20F3NO3S. The van der Waals surface area contributed by atoms with E-state index >= 15 is 0 Å². The van der Waals surface area contributed by atoms with Crippen molar-refractivity contribution in [3.63, 3.8) is 0 Å². The summed E-state index contributed by atoms with van der Waals surface area (Å²) in [5.41, 5.74) is -0.266. The second kappa shape index (κ2) is 9.67. The first-order valence-electron chi connectivity index (χ1n) is 7.17. The molecule has 0 radical (unpaired) electrons. The predicted molar refractivity (Wildman–Crippen MR) is 83.8 cm³/mol. The largest absolute Gasteiger partial charge is 0.465 e. The number of amides is 1. The van der Waals surface area contributed by atoms with Crippen LogP contribution in [0.25, 0.3) is 0 Å². The van der Waals surface area contributed by atoms with Gasteiger partial charge >= 0.3 is 12.3 Å². The lowest BCUT2D eigenvalue weighted by Crippen LogP contribution is -2.32. The number of thioether (sulfide) groups is 1. The minimum atomic E-state index is -4.40. The number of benzene rings is 1. The van der Waals surface area contributed by atoms with E-state index in [0.717, 1.165) is 17.9 Å². The zero-order valence-corrected chi connectivity index (χ0v) is 13.4. The molecule has 0 aromatic heterocycles. The van der Waals surface area contributed by atoms with Gasteiger partial charge in [-0.15, -0.1) is 0 Å². The molecule has 130 valence electrons. The zero-order chi connectivity index (χ0) is 17.3. The molecule has 0 bridgehead atoms.